The van der Waals surface area contributed by atoms with Crippen molar-refractivity contribution in [3.05, 3.63) is 29.8 Å². The summed E-state index contributed by atoms with van der Waals surface area (Å²) < 4.78 is 0. The largest absolute Gasteiger partial charge is 0.326 e. The van der Waals surface area contributed by atoms with Gasteiger partial charge in [-0.1, -0.05) is 51.8 Å². The molecule has 0 saturated carbocycles. The van der Waals surface area contributed by atoms with Gasteiger partial charge < -0.3 is 5.32 Å². The van der Waals surface area contributed by atoms with Crippen molar-refractivity contribution in [2.24, 2.45) is 0 Å². The van der Waals surface area contributed by atoms with Crippen molar-refractivity contribution in [2.75, 3.05) is 5.32 Å². The summed E-state index contributed by atoms with van der Waals surface area (Å²) in [6.07, 6.45) is 3.88. The maximum absolute atomic E-state index is 11.8. The Hall–Kier alpha value is -1.31. The fraction of sp³-hybridized carbons (Fsp3) is 0.533. The van der Waals surface area contributed by atoms with Crippen LogP contribution in [0, 0.1) is 0 Å². The number of para-hydroxylation sites is 1. The lowest BCUT2D eigenvalue weighted by Gasteiger charge is -2.13. The zero-order chi connectivity index (χ0) is 12.7. The number of amides is 1. The van der Waals surface area contributed by atoms with Crippen LogP contribution in [0.3, 0.4) is 0 Å². The predicted octanol–water partition coefficient (Wildman–Crippen LogP) is 4.33. The zero-order valence-electron chi connectivity index (χ0n) is 11.1. The first-order valence-corrected chi connectivity index (χ1v) is 6.54. The number of nitrogens with one attached hydrogen (secondary N) is 1. The van der Waals surface area contributed by atoms with Crippen molar-refractivity contribution in [2.45, 2.75) is 52.4 Å². The fourth-order valence-corrected chi connectivity index (χ4v) is 1.86. The maximum atomic E-state index is 11.8. The standard InChI is InChI=1S/C15H23NO/c1-4-5-6-11-15(17)16-14-10-8-7-9-13(14)12(2)3/h7-10,12H,4-6,11H2,1-3H3,(H,16,17). The summed E-state index contributed by atoms with van der Waals surface area (Å²) in [5, 5.41) is 3.01. The van der Waals surface area contributed by atoms with Crippen molar-refractivity contribution < 1.29 is 4.79 Å². The van der Waals surface area contributed by atoms with Crippen LogP contribution in [0.5, 0.6) is 0 Å². The number of benzene rings is 1. The number of hydrogen-bond acceptors (Lipinski definition) is 1. The number of hydrogen-bond donors (Lipinski definition) is 1. The number of rotatable bonds is 6. The van der Waals surface area contributed by atoms with Crippen molar-refractivity contribution in [1.29, 1.82) is 0 Å². The van der Waals surface area contributed by atoms with Gasteiger partial charge in [0, 0.05) is 12.1 Å². The molecule has 94 valence electrons. The first-order valence-electron chi connectivity index (χ1n) is 6.54. The van der Waals surface area contributed by atoms with Crippen LogP contribution in [0.4, 0.5) is 5.69 Å². The Morgan fingerprint density at radius 2 is 1.94 bits per heavy atom. The van der Waals surface area contributed by atoms with Gasteiger partial charge in [0.05, 0.1) is 0 Å². The molecule has 0 bridgehead atoms. The highest BCUT2D eigenvalue weighted by Crippen LogP contribution is 2.23. The van der Waals surface area contributed by atoms with Crippen LogP contribution < -0.4 is 5.32 Å². The van der Waals surface area contributed by atoms with Gasteiger partial charge >= 0.3 is 0 Å². The molecular formula is C15H23NO. The van der Waals surface area contributed by atoms with Gasteiger partial charge in [-0.3, -0.25) is 4.79 Å². The molecular weight excluding hydrogens is 210 g/mol. The summed E-state index contributed by atoms with van der Waals surface area (Å²) >= 11 is 0. The van der Waals surface area contributed by atoms with Gasteiger partial charge in [0.1, 0.15) is 0 Å². The smallest absolute Gasteiger partial charge is 0.224 e. The SMILES string of the molecule is CCCCCC(=O)Nc1ccccc1C(C)C. The van der Waals surface area contributed by atoms with Crippen LogP contribution in [-0.2, 0) is 4.79 Å². The normalized spacial score (nSPS) is 10.6. The van der Waals surface area contributed by atoms with E-state index in [1.807, 2.05) is 18.2 Å². The summed E-state index contributed by atoms with van der Waals surface area (Å²) in [4.78, 5) is 11.8. The lowest BCUT2D eigenvalue weighted by atomic mass is 10.0. The third-order valence-corrected chi connectivity index (χ3v) is 2.86. The van der Waals surface area contributed by atoms with Gasteiger partial charge in [-0.2, -0.15) is 0 Å². The molecule has 17 heavy (non-hydrogen) atoms. The molecule has 0 aliphatic carbocycles. The van der Waals surface area contributed by atoms with E-state index in [2.05, 4.69) is 32.2 Å². The Balaban J connectivity index is 2.58. The Labute approximate surface area is 104 Å². The second kappa shape index (κ2) is 7.10. The third kappa shape index (κ3) is 4.59. The fourth-order valence-electron chi connectivity index (χ4n) is 1.86. The topological polar surface area (TPSA) is 29.1 Å². The van der Waals surface area contributed by atoms with E-state index >= 15 is 0 Å². The first-order chi connectivity index (χ1) is 8.15. The molecule has 0 unspecified atom stereocenters. The zero-order valence-corrected chi connectivity index (χ0v) is 11.1. The Morgan fingerprint density at radius 3 is 2.59 bits per heavy atom. The molecule has 0 heterocycles. The van der Waals surface area contributed by atoms with Gasteiger partial charge in [0.15, 0.2) is 0 Å². The molecule has 0 aliphatic rings. The average molecular weight is 233 g/mol. The van der Waals surface area contributed by atoms with Gasteiger partial charge in [0.25, 0.3) is 0 Å². The summed E-state index contributed by atoms with van der Waals surface area (Å²) in [5.74, 6) is 0.564. The Kier molecular flexibility index (Phi) is 5.75. The van der Waals surface area contributed by atoms with E-state index in [1.165, 1.54) is 5.56 Å². The molecule has 1 rings (SSSR count). The minimum Gasteiger partial charge on any atom is -0.326 e. The third-order valence-electron chi connectivity index (χ3n) is 2.86. The van der Waals surface area contributed by atoms with E-state index < -0.39 is 0 Å². The van der Waals surface area contributed by atoms with E-state index in [0.29, 0.717) is 12.3 Å². The number of carbonyl (C=O) groups excluding carboxylic acids is 1. The number of anilines is 1. The molecule has 0 radical (unpaired) electrons. The molecule has 2 heteroatoms. The van der Waals surface area contributed by atoms with Gasteiger partial charge in [-0.05, 0) is 24.0 Å². The molecule has 0 fully saturated rings. The monoisotopic (exact) mass is 233 g/mol. The minimum atomic E-state index is 0.131. The molecule has 1 N–H and O–H groups in total. The lowest BCUT2D eigenvalue weighted by molar-refractivity contribution is -0.116. The highest BCUT2D eigenvalue weighted by atomic mass is 16.1. The van der Waals surface area contributed by atoms with E-state index in [1.54, 1.807) is 0 Å². The van der Waals surface area contributed by atoms with Crippen molar-refractivity contribution in [1.82, 2.24) is 0 Å². The summed E-state index contributed by atoms with van der Waals surface area (Å²) in [7, 11) is 0. The Bertz CT molecular complexity index is 358. The van der Waals surface area contributed by atoms with Gasteiger partial charge in [0.2, 0.25) is 5.91 Å². The molecule has 1 aromatic rings. The average Bonchev–Trinajstić information content (AvgIpc) is 2.29. The summed E-state index contributed by atoms with van der Waals surface area (Å²) in [5.41, 5.74) is 2.17. The highest BCUT2D eigenvalue weighted by molar-refractivity contribution is 5.91. The maximum Gasteiger partial charge on any atom is 0.224 e. The van der Waals surface area contributed by atoms with E-state index in [9.17, 15) is 4.79 Å². The second-order valence-electron chi connectivity index (χ2n) is 4.75. The van der Waals surface area contributed by atoms with E-state index in [0.717, 1.165) is 24.9 Å². The van der Waals surface area contributed by atoms with Gasteiger partial charge in [-0.25, -0.2) is 0 Å². The summed E-state index contributed by atoms with van der Waals surface area (Å²) in [6.45, 7) is 6.43. The van der Waals surface area contributed by atoms with Crippen LogP contribution >= 0.6 is 0 Å². The van der Waals surface area contributed by atoms with Crippen LogP contribution in [0.2, 0.25) is 0 Å². The molecule has 0 aromatic heterocycles. The minimum absolute atomic E-state index is 0.131. The molecule has 0 aliphatic heterocycles. The van der Waals surface area contributed by atoms with Crippen molar-refractivity contribution in [3.63, 3.8) is 0 Å². The highest BCUT2D eigenvalue weighted by Gasteiger charge is 2.08. The molecule has 1 aromatic carbocycles. The molecule has 0 spiro atoms. The van der Waals surface area contributed by atoms with Crippen LogP contribution in [0.1, 0.15) is 57.9 Å². The predicted molar refractivity (Wildman–Crippen MR) is 73.3 cm³/mol. The van der Waals surface area contributed by atoms with E-state index in [4.69, 9.17) is 0 Å². The van der Waals surface area contributed by atoms with Crippen molar-refractivity contribution >= 4 is 11.6 Å². The van der Waals surface area contributed by atoms with Crippen molar-refractivity contribution in [3.8, 4) is 0 Å². The molecule has 2 nitrogen and oxygen atoms in total. The molecule has 0 atom stereocenters. The molecule has 0 saturated heterocycles. The van der Waals surface area contributed by atoms with Crippen LogP contribution in [0.15, 0.2) is 24.3 Å². The van der Waals surface area contributed by atoms with E-state index in [-0.39, 0.29) is 5.91 Å². The first kappa shape index (κ1) is 13.8. The van der Waals surface area contributed by atoms with Gasteiger partial charge in [-0.15, -0.1) is 0 Å². The summed E-state index contributed by atoms with van der Waals surface area (Å²) in [6, 6.07) is 8.04. The molecule has 1 amide bonds. The second-order valence-corrected chi connectivity index (χ2v) is 4.75. The lowest BCUT2D eigenvalue weighted by Crippen LogP contribution is -2.12. The quantitative estimate of drug-likeness (QED) is 0.728. The number of carbonyl (C=O) groups is 1. The number of unbranched alkanes of at least 4 members (excludes halogenated alkanes) is 2. The van der Waals surface area contributed by atoms with Crippen LogP contribution in [-0.4, -0.2) is 5.91 Å². The Morgan fingerprint density at radius 1 is 1.24 bits per heavy atom. The van der Waals surface area contributed by atoms with Crippen LogP contribution in [0.25, 0.3) is 0 Å².